The first-order chi connectivity index (χ1) is 8.47. The largest absolute Gasteiger partial charge is 0.311 e. The second-order valence-electron chi connectivity index (χ2n) is 6.36. The van der Waals surface area contributed by atoms with Crippen molar-refractivity contribution in [3.05, 3.63) is 22.4 Å². The maximum atomic E-state index is 3.82. The van der Waals surface area contributed by atoms with Crippen molar-refractivity contribution in [2.75, 3.05) is 0 Å². The highest BCUT2D eigenvalue weighted by Gasteiger charge is 2.15. The third-order valence-corrected chi connectivity index (χ3v) is 3.89. The van der Waals surface area contributed by atoms with Crippen LogP contribution in [0.15, 0.2) is 16.8 Å². The monoisotopic (exact) mass is 267 g/mol. The van der Waals surface area contributed by atoms with Crippen LogP contribution in [-0.4, -0.2) is 12.1 Å². The number of nitrogens with one attached hydrogen (secondary N) is 1. The Balaban J connectivity index is 2.43. The molecule has 0 aromatic carbocycles. The van der Waals surface area contributed by atoms with Gasteiger partial charge >= 0.3 is 0 Å². The van der Waals surface area contributed by atoms with Gasteiger partial charge in [0.05, 0.1) is 0 Å². The minimum absolute atomic E-state index is 0.571. The average molecular weight is 267 g/mol. The van der Waals surface area contributed by atoms with E-state index in [9.17, 15) is 0 Å². The normalized spacial score (nSPS) is 13.8. The van der Waals surface area contributed by atoms with Crippen LogP contribution in [-0.2, 0) is 6.42 Å². The van der Waals surface area contributed by atoms with E-state index in [1.54, 1.807) is 11.3 Å². The second kappa shape index (κ2) is 7.96. The molecule has 1 N–H and O–H groups in total. The van der Waals surface area contributed by atoms with Crippen molar-refractivity contribution in [1.82, 2.24) is 5.32 Å². The smallest absolute Gasteiger partial charge is 0.00820 e. The van der Waals surface area contributed by atoms with E-state index in [0.29, 0.717) is 12.1 Å². The van der Waals surface area contributed by atoms with Crippen LogP contribution < -0.4 is 5.32 Å². The van der Waals surface area contributed by atoms with Crippen LogP contribution in [0, 0.1) is 11.8 Å². The topological polar surface area (TPSA) is 12.0 Å². The summed E-state index contributed by atoms with van der Waals surface area (Å²) in [6.07, 6.45) is 3.72. The zero-order chi connectivity index (χ0) is 13.5. The van der Waals surface area contributed by atoms with Crippen LogP contribution in [0.1, 0.15) is 53.0 Å². The maximum absolute atomic E-state index is 3.82. The number of thiophene rings is 1. The molecule has 0 saturated heterocycles. The molecular formula is C16H29NS. The van der Waals surface area contributed by atoms with Gasteiger partial charge in [-0.2, -0.15) is 11.3 Å². The van der Waals surface area contributed by atoms with Crippen molar-refractivity contribution < 1.29 is 0 Å². The summed E-state index contributed by atoms with van der Waals surface area (Å²) in [4.78, 5) is 0. The molecule has 0 radical (unpaired) electrons. The average Bonchev–Trinajstić information content (AvgIpc) is 2.67. The molecule has 0 amide bonds. The third-order valence-electron chi connectivity index (χ3n) is 3.15. The van der Waals surface area contributed by atoms with Gasteiger partial charge in [0.1, 0.15) is 0 Å². The van der Waals surface area contributed by atoms with Gasteiger partial charge in [-0.3, -0.25) is 0 Å². The minimum Gasteiger partial charge on any atom is -0.311 e. The van der Waals surface area contributed by atoms with Crippen LogP contribution in [0.25, 0.3) is 0 Å². The lowest BCUT2D eigenvalue weighted by molar-refractivity contribution is 0.332. The van der Waals surface area contributed by atoms with Crippen molar-refractivity contribution >= 4 is 11.3 Å². The summed E-state index contributed by atoms with van der Waals surface area (Å²) in [6, 6.07) is 3.48. The molecule has 0 saturated carbocycles. The van der Waals surface area contributed by atoms with Gasteiger partial charge in [0.15, 0.2) is 0 Å². The van der Waals surface area contributed by atoms with Gasteiger partial charge in [-0.05, 0) is 60.4 Å². The number of hydrogen-bond acceptors (Lipinski definition) is 2. The molecule has 2 heteroatoms. The molecule has 1 nitrogen and oxygen atoms in total. The molecule has 18 heavy (non-hydrogen) atoms. The second-order valence-corrected chi connectivity index (χ2v) is 7.14. The molecule has 1 aromatic heterocycles. The summed E-state index contributed by atoms with van der Waals surface area (Å²) < 4.78 is 0. The molecule has 0 aliphatic rings. The van der Waals surface area contributed by atoms with Crippen molar-refractivity contribution in [2.24, 2.45) is 11.8 Å². The fourth-order valence-corrected chi connectivity index (χ4v) is 3.28. The minimum atomic E-state index is 0.571. The molecule has 0 spiro atoms. The Morgan fingerprint density at radius 3 is 2.11 bits per heavy atom. The summed E-state index contributed by atoms with van der Waals surface area (Å²) in [7, 11) is 0. The summed E-state index contributed by atoms with van der Waals surface area (Å²) in [5.41, 5.74) is 1.47. The Labute approximate surface area is 117 Å². The Morgan fingerprint density at radius 2 is 1.67 bits per heavy atom. The first-order valence-electron chi connectivity index (χ1n) is 7.24. The summed E-state index contributed by atoms with van der Waals surface area (Å²) in [5, 5.41) is 8.25. The molecule has 0 aliphatic heterocycles. The van der Waals surface area contributed by atoms with E-state index in [1.807, 2.05) is 0 Å². The van der Waals surface area contributed by atoms with Crippen molar-refractivity contribution in [2.45, 2.75) is 66.0 Å². The number of rotatable bonds is 8. The highest BCUT2D eigenvalue weighted by atomic mass is 32.1. The van der Waals surface area contributed by atoms with Gasteiger partial charge in [0, 0.05) is 12.1 Å². The van der Waals surface area contributed by atoms with Crippen LogP contribution in [0.2, 0.25) is 0 Å². The molecule has 104 valence electrons. The van der Waals surface area contributed by atoms with Crippen molar-refractivity contribution in [3.63, 3.8) is 0 Å². The zero-order valence-electron chi connectivity index (χ0n) is 12.6. The van der Waals surface area contributed by atoms with E-state index in [0.717, 1.165) is 18.3 Å². The van der Waals surface area contributed by atoms with Gasteiger partial charge in [0.2, 0.25) is 0 Å². The highest BCUT2D eigenvalue weighted by Crippen LogP contribution is 2.15. The lowest BCUT2D eigenvalue weighted by atomic mass is 9.94. The highest BCUT2D eigenvalue weighted by molar-refractivity contribution is 7.07. The van der Waals surface area contributed by atoms with Gasteiger partial charge in [-0.25, -0.2) is 0 Å². The van der Waals surface area contributed by atoms with E-state index in [-0.39, 0.29) is 0 Å². The molecule has 0 aliphatic carbocycles. The van der Waals surface area contributed by atoms with Crippen LogP contribution in [0.4, 0.5) is 0 Å². The molecule has 0 fully saturated rings. The van der Waals surface area contributed by atoms with E-state index in [1.165, 1.54) is 18.4 Å². The van der Waals surface area contributed by atoms with Crippen molar-refractivity contribution in [1.29, 1.82) is 0 Å². The van der Waals surface area contributed by atoms with Crippen LogP contribution >= 0.6 is 11.3 Å². The number of hydrogen-bond donors (Lipinski definition) is 1. The molecule has 1 unspecified atom stereocenters. The predicted octanol–water partition coefficient (Wildman–Crippen LogP) is 4.73. The first kappa shape index (κ1) is 15.7. The Hall–Kier alpha value is -0.340. The zero-order valence-corrected chi connectivity index (χ0v) is 13.4. The van der Waals surface area contributed by atoms with E-state index < -0.39 is 0 Å². The molecule has 0 bridgehead atoms. The molecule has 1 atom stereocenters. The first-order valence-corrected chi connectivity index (χ1v) is 8.18. The Kier molecular flexibility index (Phi) is 6.95. The van der Waals surface area contributed by atoms with Gasteiger partial charge in [0.25, 0.3) is 0 Å². The molecule has 1 rings (SSSR count). The summed E-state index contributed by atoms with van der Waals surface area (Å²) in [6.45, 7) is 11.6. The fourth-order valence-electron chi connectivity index (χ4n) is 2.59. The summed E-state index contributed by atoms with van der Waals surface area (Å²) >= 11 is 1.79. The van der Waals surface area contributed by atoms with Crippen molar-refractivity contribution in [3.8, 4) is 0 Å². The van der Waals surface area contributed by atoms with Gasteiger partial charge in [-0.1, -0.05) is 27.7 Å². The SMILES string of the molecule is CC(C)CC(CC(C)C)NC(C)Cc1ccsc1. The maximum Gasteiger partial charge on any atom is 0.00820 e. The lowest BCUT2D eigenvalue weighted by Crippen LogP contribution is -2.39. The van der Waals surface area contributed by atoms with E-state index in [4.69, 9.17) is 0 Å². The summed E-state index contributed by atoms with van der Waals surface area (Å²) in [5.74, 6) is 1.55. The van der Waals surface area contributed by atoms with E-state index >= 15 is 0 Å². The standard InChI is InChI=1S/C16H29NS/c1-12(2)8-16(9-13(3)4)17-14(5)10-15-6-7-18-11-15/h6-7,11-14,16-17H,8-10H2,1-5H3. The Bertz CT molecular complexity index is 293. The molecule has 1 aromatic rings. The predicted molar refractivity (Wildman–Crippen MR) is 83.3 cm³/mol. The Morgan fingerprint density at radius 1 is 1.06 bits per heavy atom. The van der Waals surface area contributed by atoms with Crippen LogP contribution in [0.3, 0.4) is 0 Å². The molecular weight excluding hydrogens is 238 g/mol. The van der Waals surface area contributed by atoms with Crippen LogP contribution in [0.5, 0.6) is 0 Å². The van der Waals surface area contributed by atoms with Gasteiger partial charge in [-0.15, -0.1) is 0 Å². The van der Waals surface area contributed by atoms with E-state index in [2.05, 4.69) is 56.8 Å². The fraction of sp³-hybridized carbons (Fsp3) is 0.750. The quantitative estimate of drug-likeness (QED) is 0.718. The molecule has 1 heterocycles. The lowest BCUT2D eigenvalue weighted by Gasteiger charge is -2.26. The third kappa shape index (κ3) is 6.55. The van der Waals surface area contributed by atoms with Gasteiger partial charge < -0.3 is 5.32 Å².